The summed E-state index contributed by atoms with van der Waals surface area (Å²) in [5.41, 5.74) is 3.19. The van der Waals surface area contributed by atoms with Gasteiger partial charge in [0.1, 0.15) is 6.04 Å². The van der Waals surface area contributed by atoms with Gasteiger partial charge in [-0.05, 0) is 49.8 Å². The standard InChI is InChI=1S/C13H17NO2/c1-8-3-4-9(2)11(7-8)14-12(13(15)16)10-5-6-10/h3-4,7,10,12,14H,5-6H2,1-2H3,(H,15,16). The molecule has 16 heavy (non-hydrogen) atoms. The Labute approximate surface area is 95.5 Å². The summed E-state index contributed by atoms with van der Waals surface area (Å²) < 4.78 is 0. The maximum atomic E-state index is 11.1. The lowest BCUT2D eigenvalue weighted by atomic mass is 10.1. The minimum Gasteiger partial charge on any atom is -0.480 e. The Kier molecular flexibility index (Phi) is 2.86. The second-order valence-electron chi connectivity index (χ2n) is 4.62. The van der Waals surface area contributed by atoms with Crippen LogP contribution in [0.25, 0.3) is 0 Å². The third-order valence-corrected chi connectivity index (χ3v) is 3.06. The number of carboxylic acid groups (broad SMARTS) is 1. The molecular formula is C13H17NO2. The predicted molar refractivity (Wildman–Crippen MR) is 63.7 cm³/mol. The van der Waals surface area contributed by atoms with Crippen molar-refractivity contribution in [3.05, 3.63) is 29.3 Å². The van der Waals surface area contributed by atoms with Crippen LogP contribution in [0.5, 0.6) is 0 Å². The van der Waals surface area contributed by atoms with Crippen molar-refractivity contribution in [3.8, 4) is 0 Å². The molecule has 3 nitrogen and oxygen atoms in total. The topological polar surface area (TPSA) is 49.3 Å². The van der Waals surface area contributed by atoms with Gasteiger partial charge in [-0.15, -0.1) is 0 Å². The molecule has 3 heteroatoms. The molecule has 0 bridgehead atoms. The summed E-state index contributed by atoms with van der Waals surface area (Å²) in [6.07, 6.45) is 2.05. The minimum absolute atomic E-state index is 0.303. The van der Waals surface area contributed by atoms with Gasteiger partial charge in [0.05, 0.1) is 0 Å². The largest absolute Gasteiger partial charge is 0.480 e. The molecule has 1 unspecified atom stereocenters. The van der Waals surface area contributed by atoms with Crippen LogP contribution in [0.1, 0.15) is 24.0 Å². The molecule has 0 heterocycles. The summed E-state index contributed by atoms with van der Waals surface area (Å²) in [6.45, 7) is 4.01. The Hall–Kier alpha value is -1.51. The molecule has 2 rings (SSSR count). The van der Waals surface area contributed by atoms with E-state index in [0.29, 0.717) is 5.92 Å². The van der Waals surface area contributed by atoms with E-state index in [4.69, 9.17) is 5.11 Å². The number of hydrogen-bond acceptors (Lipinski definition) is 2. The van der Waals surface area contributed by atoms with Crippen molar-refractivity contribution in [3.63, 3.8) is 0 Å². The zero-order valence-electron chi connectivity index (χ0n) is 9.66. The van der Waals surface area contributed by atoms with Crippen LogP contribution in [0.2, 0.25) is 0 Å². The zero-order valence-corrected chi connectivity index (χ0v) is 9.66. The lowest BCUT2D eigenvalue weighted by Crippen LogP contribution is -2.31. The number of aliphatic carboxylic acids is 1. The first-order valence-corrected chi connectivity index (χ1v) is 5.64. The normalized spacial score (nSPS) is 16.9. The van der Waals surface area contributed by atoms with E-state index < -0.39 is 12.0 Å². The van der Waals surface area contributed by atoms with Crippen molar-refractivity contribution in [1.82, 2.24) is 0 Å². The Morgan fingerprint density at radius 3 is 2.69 bits per heavy atom. The third kappa shape index (κ3) is 2.35. The molecule has 86 valence electrons. The van der Waals surface area contributed by atoms with Crippen LogP contribution in [0.3, 0.4) is 0 Å². The minimum atomic E-state index is -0.747. The summed E-state index contributed by atoms with van der Waals surface area (Å²) in [5, 5.41) is 12.3. The molecular weight excluding hydrogens is 202 g/mol. The highest BCUT2D eigenvalue weighted by atomic mass is 16.4. The second-order valence-corrected chi connectivity index (χ2v) is 4.62. The Morgan fingerprint density at radius 1 is 1.44 bits per heavy atom. The Morgan fingerprint density at radius 2 is 2.12 bits per heavy atom. The van der Waals surface area contributed by atoms with Crippen molar-refractivity contribution in [2.45, 2.75) is 32.7 Å². The maximum Gasteiger partial charge on any atom is 0.326 e. The van der Waals surface area contributed by atoms with Crippen LogP contribution < -0.4 is 5.32 Å². The van der Waals surface area contributed by atoms with Gasteiger partial charge in [0, 0.05) is 5.69 Å². The van der Waals surface area contributed by atoms with Gasteiger partial charge < -0.3 is 10.4 Å². The highest BCUT2D eigenvalue weighted by molar-refractivity contribution is 5.78. The molecule has 1 aliphatic carbocycles. The second kappa shape index (κ2) is 4.16. The van der Waals surface area contributed by atoms with Gasteiger partial charge in [-0.2, -0.15) is 0 Å². The molecule has 2 N–H and O–H groups in total. The number of carbonyl (C=O) groups is 1. The quantitative estimate of drug-likeness (QED) is 0.818. The predicted octanol–water partition coefficient (Wildman–Crippen LogP) is 2.58. The first kappa shape index (κ1) is 11.0. The number of benzene rings is 1. The number of carboxylic acids is 1. The molecule has 0 amide bonds. The van der Waals surface area contributed by atoms with E-state index in [1.807, 2.05) is 32.0 Å². The van der Waals surface area contributed by atoms with E-state index in [2.05, 4.69) is 5.32 Å². The summed E-state index contributed by atoms with van der Waals surface area (Å²) in [7, 11) is 0. The summed E-state index contributed by atoms with van der Waals surface area (Å²) >= 11 is 0. The van der Waals surface area contributed by atoms with Gasteiger partial charge in [-0.3, -0.25) is 0 Å². The molecule has 1 aromatic rings. The molecule has 1 fully saturated rings. The van der Waals surface area contributed by atoms with Gasteiger partial charge in [0.25, 0.3) is 0 Å². The van der Waals surface area contributed by atoms with E-state index in [-0.39, 0.29) is 0 Å². The smallest absolute Gasteiger partial charge is 0.326 e. The van der Waals surface area contributed by atoms with Crippen molar-refractivity contribution < 1.29 is 9.90 Å². The fraction of sp³-hybridized carbons (Fsp3) is 0.462. The van der Waals surface area contributed by atoms with Crippen LogP contribution in [-0.4, -0.2) is 17.1 Å². The molecule has 1 saturated carbocycles. The lowest BCUT2D eigenvalue weighted by molar-refractivity contribution is -0.138. The van der Waals surface area contributed by atoms with Crippen LogP contribution in [0.15, 0.2) is 18.2 Å². The van der Waals surface area contributed by atoms with Crippen LogP contribution >= 0.6 is 0 Å². The first-order chi connectivity index (χ1) is 7.58. The average molecular weight is 219 g/mol. The summed E-state index contributed by atoms with van der Waals surface area (Å²) in [6, 6.07) is 5.63. The number of aryl methyl sites for hydroxylation is 2. The maximum absolute atomic E-state index is 11.1. The van der Waals surface area contributed by atoms with Crippen LogP contribution in [-0.2, 0) is 4.79 Å². The Bertz CT molecular complexity index is 410. The molecule has 0 aliphatic heterocycles. The highest BCUT2D eigenvalue weighted by Gasteiger charge is 2.36. The lowest BCUT2D eigenvalue weighted by Gasteiger charge is -2.17. The molecule has 1 aliphatic rings. The zero-order chi connectivity index (χ0) is 11.7. The van der Waals surface area contributed by atoms with E-state index in [0.717, 1.165) is 29.7 Å². The first-order valence-electron chi connectivity index (χ1n) is 5.64. The number of nitrogens with one attached hydrogen (secondary N) is 1. The fourth-order valence-electron chi connectivity index (χ4n) is 1.87. The molecule has 0 aromatic heterocycles. The number of rotatable bonds is 4. The van der Waals surface area contributed by atoms with Crippen LogP contribution in [0, 0.1) is 19.8 Å². The monoisotopic (exact) mass is 219 g/mol. The van der Waals surface area contributed by atoms with Gasteiger partial charge in [-0.25, -0.2) is 4.79 Å². The Balaban J connectivity index is 2.17. The average Bonchev–Trinajstić information content (AvgIpc) is 3.02. The molecule has 0 saturated heterocycles. The molecule has 0 spiro atoms. The van der Waals surface area contributed by atoms with Crippen molar-refractivity contribution in [1.29, 1.82) is 0 Å². The highest BCUT2D eigenvalue weighted by Crippen LogP contribution is 2.35. The molecule has 1 aromatic carbocycles. The van der Waals surface area contributed by atoms with E-state index in [9.17, 15) is 4.79 Å². The van der Waals surface area contributed by atoms with Gasteiger partial charge >= 0.3 is 5.97 Å². The van der Waals surface area contributed by atoms with Crippen molar-refractivity contribution in [2.75, 3.05) is 5.32 Å². The number of hydrogen-bond donors (Lipinski definition) is 2. The van der Waals surface area contributed by atoms with Crippen molar-refractivity contribution in [2.24, 2.45) is 5.92 Å². The molecule has 0 radical (unpaired) electrons. The van der Waals surface area contributed by atoms with Gasteiger partial charge in [-0.1, -0.05) is 12.1 Å². The van der Waals surface area contributed by atoms with E-state index in [1.54, 1.807) is 0 Å². The van der Waals surface area contributed by atoms with Gasteiger partial charge in [0.15, 0.2) is 0 Å². The van der Waals surface area contributed by atoms with E-state index in [1.165, 1.54) is 0 Å². The third-order valence-electron chi connectivity index (χ3n) is 3.06. The summed E-state index contributed by atoms with van der Waals surface area (Å²) in [5.74, 6) is -0.444. The molecule has 1 atom stereocenters. The van der Waals surface area contributed by atoms with Gasteiger partial charge in [0.2, 0.25) is 0 Å². The summed E-state index contributed by atoms with van der Waals surface area (Å²) in [4.78, 5) is 11.1. The van der Waals surface area contributed by atoms with Crippen LogP contribution in [0.4, 0.5) is 5.69 Å². The fourth-order valence-corrected chi connectivity index (χ4v) is 1.87. The van der Waals surface area contributed by atoms with Crippen molar-refractivity contribution >= 4 is 11.7 Å². The number of anilines is 1. The SMILES string of the molecule is Cc1ccc(C)c(NC(C(=O)O)C2CC2)c1. The van der Waals surface area contributed by atoms with E-state index >= 15 is 0 Å².